The molecule has 0 unspecified atom stereocenters. The van der Waals surface area contributed by atoms with Crippen LogP contribution in [0.1, 0.15) is 36.7 Å². The van der Waals surface area contributed by atoms with Gasteiger partial charge in [-0.3, -0.25) is 9.59 Å². The molecule has 2 aliphatic heterocycles. The molecule has 0 bridgehead atoms. The Morgan fingerprint density at radius 2 is 1.95 bits per heavy atom. The van der Waals surface area contributed by atoms with E-state index in [0.29, 0.717) is 23.4 Å². The molecule has 3 aromatic heterocycles. The number of benzene rings is 2. The van der Waals surface area contributed by atoms with Crippen LogP contribution in [0.4, 0.5) is 4.39 Å². The van der Waals surface area contributed by atoms with Crippen LogP contribution in [0.2, 0.25) is 5.02 Å². The van der Waals surface area contributed by atoms with E-state index in [-0.39, 0.29) is 40.0 Å². The molecule has 0 spiro atoms. The van der Waals surface area contributed by atoms with Gasteiger partial charge in [0.2, 0.25) is 17.3 Å². The van der Waals surface area contributed by atoms with E-state index in [1.165, 1.54) is 18.2 Å². The topological polar surface area (TPSA) is 136 Å². The number of tetrazole rings is 1. The molecule has 194 valence electrons. The number of hydrogen-bond donors (Lipinski definition) is 3. The fraction of sp³-hybridized carbons (Fsp3) is 0.185. The number of rotatable bonds is 4. The van der Waals surface area contributed by atoms with Gasteiger partial charge in [-0.15, -0.1) is 10.2 Å². The zero-order valence-corrected chi connectivity index (χ0v) is 21.0. The van der Waals surface area contributed by atoms with Crippen molar-refractivity contribution in [1.29, 1.82) is 0 Å². The second-order valence-corrected chi connectivity index (χ2v) is 10.1. The van der Waals surface area contributed by atoms with Crippen LogP contribution >= 0.6 is 11.6 Å². The van der Waals surface area contributed by atoms with Crippen LogP contribution in [0.3, 0.4) is 0 Å². The molecule has 12 heteroatoms. The minimum atomic E-state index is -0.615. The van der Waals surface area contributed by atoms with Gasteiger partial charge in [0.25, 0.3) is 0 Å². The second kappa shape index (κ2) is 8.98. The highest BCUT2D eigenvalue weighted by Crippen LogP contribution is 2.44. The SMILES string of the molecule is O=C1C=C(c2c(-c3nn[nH]n3)ccc(Cl)c2F)C[C@@H]2CC[C@@H](c3ncc(-c4ccc5[nH]c(=O)ccc5c4)[nH]3)N12. The molecule has 1 amide bonds. The first-order valence-corrected chi connectivity index (χ1v) is 12.8. The van der Waals surface area contributed by atoms with E-state index in [1.54, 1.807) is 18.3 Å². The lowest BCUT2D eigenvalue weighted by Gasteiger charge is -2.33. The summed E-state index contributed by atoms with van der Waals surface area (Å²) in [5, 5.41) is 14.8. The van der Waals surface area contributed by atoms with Crippen LogP contribution in [0.15, 0.2) is 59.5 Å². The van der Waals surface area contributed by atoms with Crippen LogP contribution in [0.25, 0.3) is 39.1 Å². The number of amides is 1. The molecule has 5 aromatic rings. The van der Waals surface area contributed by atoms with E-state index in [9.17, 15) is 9.59 Å². The Morgan fingerprint density at radius 3 is 2.79 bits per heavy atom. The summed E-state index contributed by atoms with van der Waals surface area (Å²) in [6, 6.07) is 11.7. The van der Waals surface area contributed by atoms with E-state index in [2.05, 4.69) is 35.6 Å². The molecule has 39 heavy (non-hydrogen) atoms. The summed E-state index contributed by atoms with van der Waals surface area (Å²) in [6.07, 6.45) is 5.15. The number of carbonyl (C=O) groups is 1. The molecule has 10 nitrogen and oxygen atoms in total. The molecule has 0 radical (unpaired) electrons. The van der Waals surface area contributed by atoms with Gasteiger partial charge in [0, 0.05) is 40.4 Å². The zero-order valence-electron chi connectivity index (χ0n) is 20.3. The number of aromatic amines is 3. The Hall–Kier alpha value is -4.64. The van der Waals surface area contributed by atoms with Crippen molar-refractivity contribution in [2.75, 3.05) is 0 Å². The number of nitrogens with zero attached hydrogens (tertiary/aromatic N) is 5. The number of halogens is 2. The molecule has 1 fully saturated rings. The second-order valence-electron chi connectivity index (χ2n) is 9.69. The number of H-pyrrole nitrogens is 3. The molecular formula is C27H20ClFN8O2. The highest BCUT2D eigenvalue weighted by atomic mass is 35.5. The normalized spacial score (nSPS) is 19.0. The molecular weight excluding hydrogens is 523 g/mol. The lowest BCUT2D eigenvalue weighted by molar-refractivity contribution is -0.129. The first-order valence-electron chi connectivity index (χ1n) is 12.4. The van der Waals surface area contributed by atoms with Gasteiger partial charge in [-0.2, -0.15) is 5.21 Å². The standard InChI is InChI=1S/C27H20ClFN8O2/c28-18-5-4-17(26-33-35-36-34-26)24(25(18)29)15-10-16-3-7-21(37(16)23(39)11-15)27-30-12-20(32-27)14-1-6-19-13(9-14)2-8-22(38)31-19/h1-2,4-6,8-9,11-12,16,21H,3,7,10H2,(H,30,32)(H,31,38)(H,33,34,35,36)/t16-,21-/m0/s1. The van der Waals surface area contributed by atoms with Gasteiger partial charge in [-0.05, 0) is 65.8 Å². The fourth-order valence-corrected chi connectivity index (χ4v) is 5.85. The zero-order chi connectivity index (χ0) is 26.7. The van der Waals surface area contributed by atoms with E-state index < -0.39 is 5.82 Å². The Balaban J connectivity index is 1.20. The van der Waals surface area contributed by atoms with Crippen LogP contribution in [0.5, 0.6) is 0 Å². The van der Waals surface area contributed by atoms with Gasteiger partial charge >= 0.3 is 0 Å². The van der Waals surface area contributed by atoms with Crippen molar-refractivity contribution in [3.8, 4) is 22.6 Å². The monoisotopic (exact) mass is 542 g/mol. The molecule has 3 N–H and O–H groups in total. The predicted molar refractivity (Wildman–Crippen MR) is 142 cm³/mol. The predicted octanol–water partition coefficient (Wildman–Crippen LogP) is 4.41. The quantitative estimate of drug-likeness (QED) is 0.308. The Labute approximate surface area is 224 Å². The lowest BCUT2D eigenvalue weighted by Crippen LogP contribution is -2.39. The van der Waals surface area contributed by atoms with E-state index in [0.717, 1.165) is 35.0 Å². The molecule has 5 heterocycles. The van der Waals surface area contributed by atoms with Crippen molar-refractivity contribution < 1.29 is 9.18 Å². The molecule has 1 saturated heterocycles. The van der Waals surface area contributed by atoms with Crippen molar-refractivity contribution >= 4 is 34.0 Å². The number of hydrogen-bond acceptors (Lipinski definition) is 6. The fourth-order valence-electron chi connectivity index (χ4n) is 5.70. The maximum Gasteiger partial charge on any atom is 0.248 e. The summed E-state index contributed by atoms with van der Waals surface area (Å²) in [7, 11) is 0. The van der Waals surface area contributed by atoms with E-state index in [4.69, 9.17) is 11.6 Å². The number of fused-ring (bicyclic) bond motifs is 2. The van der Waals surface area contributed by atoms with Crippen molar-refractivity contribution in [3.05, 3.63) is 87.3 Å². The molecule has 7 rings (SSSR count). The highest BCUT2D eigenvalue weighted by Gasteiger charge is 2.42. The first-order chi connectivity index (χ1) is 19.0. The summed E-state index contributed by atoms with van der Waals surface area (Å²) >= 11 is 6.12. The van der Waals surface area contributed by atoms with Crippen molar-refractivity contribution in [3.63, 3.8) is 0 Å². The highest BCUT2D eigenvalue weighted by molar-refractivity contribution is 6.31. The van der Waals surface area contributed by atoms with Crippen LogP contribution in [-0.2, 0) is 4.79 Å². The number of nitrogens with one attached hydrogen (secondary N) is 3. The van der Waals surface area contributed by atoms with Crippen molar-refractivity contribution in [2.24, 2.45) is 0 Å². The van der Waals surface area contributed by atoms with Gasteiger partial charge in [-0.25, -0.2) is 9.37 Å². The Kier molecular flexibility index (Phi) is 5.41. The van der Waals surface area contributed by atoms with Gasteiger partial charge in [-0.1, -0.05) is 17.7 Å². The summed E-state index contributed by atoms with van der Waals surface area (Å²) in [5.41, 5.74) is 3.53. The average Bonchev–Trinajstić information content (AvgIpc) is 3.70. The Morgan fingerprint density at radius 1 is 1.05 bits per heavy atom. The maximum atomic E-state index is 15.3. The minimum Gasteiger partial charge on any atom is -0.340 e. The molecule has 0 aliphatic carbocycles. The lowest BCUT2D eigenvalue weighted by atomic mass is 9.90. The third-order valence-electron chi connectivity index (χ3n) is 7.46. The first kappa shape index (κ1) is 23.5. The average molecular weight is 543 g/mol. The minimum absolute atomic E-state index is 0.0412. The van der Waals surface area contributed by atoms with E-state index in [1.807, 2.05) is 23.1 Å². The third-order valence-corrected chi connectivity index (χ3v) is 7.75. The van der Waals surface area contributed by atoms with Gasteiger partial charge in [0.1, 0.15) is 11.6 Å². The van der Waals surface area contributed by atoms with Crippen molar-refractivity contribution in [1.82, 2.24) is 40.5 Å². The molecule has 2 aliphatic rings. The smallest absolute Gasteiger partial charge is 0.248 e. The summed E-state index contributed by atoms with van der Waals surface area (Å²) in [4.78, 5) is 37.7. The number of imidazole rings is 1. The maximum absolute atomic E-state index is 15.3. The van der Waals surface area contributed by atoms with Gasteiger partial charge < -0.3 is 14.9 Å². The summed E-state index contributed by atoms with van der Waals surface area (Å²) < 4.78 is 15.3. The van der Waals surface area contributed by atoms with E-state index >= 15 is 4.39 Å². The van der Waals surface area contributed by atoms with Crippen LogP contribution < -0.4 is 5.56 Å². The van der Waals surface area contributed by atoms with Crippen LogP contribution in [-0.4, -0.2) is 52.4 Å². The Bertz CT molecular complexity index is 1840. The number of carbonyl (C=O) groups excluding carboxylic acids is 1. The summed E-state index contributed by atoms with van der Waals surface area (Å²) in [5.74, 6) is 0.0930. The molecule has 0 saturated carbocycles. The molecule has 2 atom stereocenters. The molecule has 2 aromatic carbocycles. The third kappa shape index (κ3) is 3.93. The van der Waals surface area contributed by atoms with Gasteiger partial charge in [0.05, 0.1) is 23.0 Å². The van der Waals surface area contributed by atoms with Crippen molar-refractivity contribution in [2.45, 2.75) is 31.3 Å². The van der Waals surface area contributed by atoms with Gasteiger partial charge in [0.15, 0.2) is 0 Å². The largest absolute Gasteiger partial charge is 0.340 e. The number of aromatic nitrogens is 7. The number of pyridine rings is 1. The van der Waals surface area contributed by atoms with Crippen LogP contribution in [0, 0.1) is 5.82 Å². The summed E-state index contributed by atoms with van der Waals surface area (Å²) in [6.45, 7) is 0.